The van der Waals surface area contributed by atoms with E-state index in [-0.39, 0.29) is 23.1 Å². The second-order valence-corrected chi connectivity index (χ2v) is 4.88. The van der Waals surface area contributed by atoms with Crippen LogP contribution in [0.2, 0.25) is 0 Å². The number of carbonyl (C=O) groups excluding carboxylic acids is 2. The molecule has 0 spiro atoms. The van der Waals surface area contributed by atoms with Gasteiger partial charge in [-0.05, 0) is 48.5 Å². The van der Waals surface area contributed by atoms with Gasteiger partial charge in [0, 0.05) is 30.1 Å². The van der Waals surface area contributed by atoms with Gasteiger partial charge in [0.15, 0.2) is 5.78 Å². The predicted octanol–water partition coefficient (Wildman–Crippen LogP) is 4.50. The largest absolute Gasteiger partial charge is 0.508 e. The lowest BCUT2D eigenvalue weighted by molar-refractivity contribution is -0.113. The predicted molar refractivity (Wildman–Crippen MR) is 112 cm³/mol. The Labute approximate surface area is 161 Å². The van der Waals surface area contributed by atoms with Gasteiger partial charge < -0.3 is 21.5 Å². The van der Waals surface area contributed by atoms with E-state index in [1.54, 1.807) is 24.3 Å². The molecule has 2 aromatic rings. The molecule has 0 aliphatic heterocycles. The van der Waals surface area contributed by atoms with Crippen molar-refractivity contribution in [2.24, 2.45) is 5.73 Å². The number of amides is 1. The minimum Gasteiger partial charge on any atom is -0.508 e. The van der Waals surface area contributed by atoms with Gasteiger partial charge in [0.2, 0.25) is 0 Å². The van der Waals surface area contributed by atoms with Crippen LogP contribution in [0.5, 0.6) is 5.75 Å². The van der Waals surface area contributed by atoms with E-state index in [1.807, 2.05) is 27.7 Å². The fraction of sp³-hybridized carbons (Fsp3) is 0.238. The van der Waals surface area contributed by atoms with Crippen molar-refractivity contribution in [3.8, 4) is 5.75 Å². The monoisotopic (exact) mass is 371 g/mol. The van der Waals surface area contributed by atoms with Gasteiger partial charge in [0.1, 0.15) is 5.75 Å². The standard InChI is InChI=1S/C17H17N3O3.2C2H6/c1-11(21)16(18)10-19-13-4-6-14(7-5-13)20-17(23)12-2-8-15(22)9-3-12;2*1-2/h2-10,19,22H,18H2,1H3,(H,20,23);2*1-2H3/b16-10-;;. The zero-order valence-corrected chi connectivity index (χ0v) is 16.5. The molecular weight excluding hydrogens is 342 g/mol. The number of aromatic hydroxyl groups is 1. The van der Waals surface area contributed by atoms with Crippen LogP contribution < -0.4 is 16.4 Å². The lowest BCUT2D eigenvalue weighted by Crippen LogP contribution is -2.11. The Morgan fingerprint density at radius 2 is 1.37 bits per heavy atom. The molecule has 0 atom stereocenters. The molecule has 0 heterocycles. The number of phenolic OH excluding ortho intramolecular Hbond substituents is 1. The van der Waals surface area contributed by atoms with Crippen molar-refractivity contribution in [2.75, 3.05) is 10.6 Å². The van der Waals surface area contributed by atoms with E-state index in [0.717, 1.165) is 5.69 Å². The van der Waals surface area contributed by atoms with Gasteiger partial charge in [-0.25, -0.2) is 0 Å². The summed E-state index contributed by atoms with van der Waals surface area (Å²) in [5.74, 6) is -0.378. The maximum atomic E-state index is 12.0. The van der Waals surface area contributed by atoms with E-state index in [2.05, 4.69) is 10.6 Å². The van der Waals surface area contributed by atoms with Crippen molar-refractivity contribution in [3.63, 3.8) is 0 Å². The number of benzene rings is 2. The first kappa shape index (κ1) is 23.7. The van der Waals surface area contributed by atoms with E-state index in [4.69, 9.17) is 5.73 Å². The molecule has 1 amide bonds. The smallest absolute Gasteiger partial charge is 0.255 e. The number of phenols is 1. The molecule has 146 valence electrons. The van der Waals surface area contributed by atoms with Crippen molar-refractivity contribution in [3.05, 3.63) is 66.0 Å². The number of nitrogens with one attached hydrogen (secondary N) is 2. The van der Waals surface area contributed by atoms with Crippen LogP contribution in [-0.2, 0) is 4.79 Å². The summed E-state index contributed by atoms with van der Waals surface area (Å²) in [6.45, 7) is 9.38. The molecule has 0 saturated heterocycles. The number of nitrogens with two attached hydrogens (primary N) is 1. The van der Waals surface area contributed by atoms with Gasteiger partial charge >= 0.3 is 0 Å². The molecule has 27 heavy (non-hydrogen) atoms. The van der Waals surface area contributed by atoms with E-state index in [1.165, 1.54) is 37.4 Å². The van der Waals surface area contributed by atoms with Gasteiger partial charge in [-0.15, -0.1) is 0 Å². The highest BCUT2D eigenvalue weighted by atomic mass is 16.3. The summed E-state index contributed by atoms with van der Waals surface area (Å²) < 4.78 is 0. The number of carbonyl (C=O) groups is 2. The number of allylic oxidation sites excluding steroid dienone is 1. The number of Topliss-reactive ketones (excluding diaryl/α,β-unsaturated/α-hetero) is 1. The number of anilines is 2. The second kappa shape index (κ2) is 13.0. The van der Waals surface area contributed by atoms with E-state index < -0.39 is 0 Å². The van der Waals surface area contributed by atoms with Crippen LogP contribution in [0.4, 0.5) is 11.4 Å². The van der Waals surface area contributed by atoms with E-state index in [9.17, 15) is 14.7 Å². The summed E-state index contributed by atoms with van der Waals surface area (Å²) in [5.41, 5.74) is 7.45. The van der Waals surface area contributed by atoms with Crippen molar-refractivity contribution in [1.82, 2.24) is 0 Å². The fourth-order valence-electron chi connectivity index (χ4n) is 1.73. The molecule has 0 unspecified atom stereocenters. The molecule has 2 aromatic carbocycles. The van der Waals surface area contributed by atoms with Crippen molar-refractivity contribution in [1.29, 1.82) is 0 Å². The van der Waals surface area contributed by atoms with Crippen LogP contribution in [0.3, 0.4) is 0 Å². The van der Waals surface area contributed by atoms with Gasteiger partial charge in [-0.1, -0.05) is 27.7 Å². The van der Waals surface area contributed by atoms with E-state index in [0.29, 0.717) is 11.3 Å². The first-order valence-electron chi connectivity index (χ1n) is 8.89. The molecule has 2 rings (SSSR count). The molecule has 6 nitrogen and oxygen atoms in total. The molecule has 0 aliphatic carbocycles. The Morgan fingerprint density at radius 3 is 1.85 bits per heavy atom. The summed E-state index contributed by atoms with van der Waals surface area (Å²) in [6.07, 6.45) is 1.42. The number of hydrogen-bond donors (Lipinski definition) is 4. The third kappa shape index (κ3) is 8.58. The molecular formula is C21H29N3O3. The van der Waals surface area contributed by atoms with Crippen molar-refractivity contribution >= 4 is 23.1 Å². The Kier molecular flexibility index (Phi) is 11.4. The van der Waals surface area contributed by atoms with Crippen LogP contribution in [0.1, 0.15) is 45.0 Å². The summed E-state index contributed by atoms with van der Waals surface area (Å²) in [7, 11) is 0. The summed E-state index contributed by atoms with van der Waals surface area (Å²) in [5, 5.41) is 14.9. The van der Waals surface area contributed by atoms with Gasteiger partial charge in [0.25, 0.3) is 5.91 Å². The highest BCUT2D eigenvalue weighted by Crippen LogP contribution is 2.16. The van der Waals surface area contributed by atoms with Gasteiger partial charge in [0.05, 0.1) is 5.70 Å². The first-order chi connectivity index (χ1) is 13.0. The first-order valence-corrected chi connectivity index (χ1v) is 8.89. The highest BCUT2D eigenvalue weighted by Gasteiger charge is 2.05. The zero-order chi connectivity index (χ0) is 20.8. The summed E-state index contributed by atoms with van der Waals surface area (Å²) in [6, 6.07) is 12.9. The van der Waals surface area contributed by atoms with Crippen molar-refractivity contribution < 1.29 is 14.7 Å². The third-order valence-corrected chi connectivity index (χ3v) is 3.07. The number of rotatable bonds is 5. The maximum Gasteiger partial charge on any atom is 0.255 e. The molecule has 0 fully saturated rings. The van der Waals surface area contributed by atoms with Gasteiger partial charge in [-0.2, -0.15) is 0 Å². The Balaban J connectivity index is 0.00000158. The lowest BCUT2D eigenvalue weighted by Gasteiger charge is -2.07. The third-order valence-electron chi connectivity index (χ3n) is 3.07. The van der Waals surface area contributed by atoms with Crippen LogP contribution in [0.25, 0.3) is 0 Å². The Hall–Kier alpha value is -3.28. The van der Waals surface area contributed by atoms with Crippen LogP contribution in [-0.4, -0.2) is 16.8 Å². The second-order valence-electron chi connectivity index (χ2n) is 4.88. The summed E-state index contributed by atoms with van der Waals surface area (Å²) in [4.78, 5) is 23.0. The Morgan fingerprint density at radius 1 is 0.889 bits per heavy atom. The normalized spacial score (nSPS) is 9.74. The van der Waals surface area contributed by atoms with Crippen molar-refractivity contribution in [2.45, 2.75) is 34.6 Å². The molecule has 0 saturated carbocycles. The molecule has 0 aliphatic rings. The zero-order valence-electron chi connectivity index (χ0n) is 16.5. The number of hydrogen-bond acceptors (Lipinski definition) is 5. The summed E-state index contributed by atoms with van der Waals surface area (Å²) >= 11 is 0. The van der Waals surface area contributed by atoms with Crippen LogP contribution in [0, 0.1) is 0 Å². The highest BCUT2D eigenvalue weighted by molar-refractivity contribution is 6.04. The minimum absolute atomic E-state index is 0.106. The molecule has 0 bridgehead atoms. The average molecular weight is 371 g/mol. The molecule has 0 radical (unpaired) electrons. The minimum atomic E-state index is -0.272. The SMILES string of the molecule is CC.CC.CC(=O)/C(N)=C/Nc1ccc(NC(=O)c2ccc(O)cc2)cc1. The molecule has 0 aromatic heterocycles. The average Bonchev–Trinajstić information content (AvgIpc) is 2.70. The van der Waals surface area contributed by atoms with E-state index >= 15 is 0 Å². The lowest BCUT2D eigenvalue weighted by atomic mass is 10.2. The number of ketones is 1. The molecule has 6 heteroatoms. The quantitative estimate of drug-likeness (QED) is 0.579. The fourth-order valence-corrected chi connectivity index (χ4v) is 1.73. The maximum absolute atomic E-state index is 12.0. The van der Waals surface area contributed by atoms with Gasteiger partial charge in [-0.3, -0.25) is 9.59 Å². The topological polar surface area (TPSA) is 104 Å². The molecule has 5 N–H and O–H groups in total. The van der Waals surface area contributed by atoms with Crippen LogP contribution in [0.15, 0.2) is 60.4 Å². The Bertz CT molecular complexity index is 736. The van der Waals surface area contributed by atoms with Crippen LogP contribution >= 0.6 is 0 Å².